The number of carbonyl (C=O) groups is 1. The number of rotatable bonds is 5. The van der Waals surface area contributed by atoms with Gasteiger partial charge in [0.25, 0.3) is 0 Å². The lowest BCUT2D eigenvalue weighted by atomic mass is 10.2. The number of hydrogen-bond donors (Lipinski definition) is 3. The van der Waals surface area contributed by atoms with Crippen molar-refractivity contribution >= 4 is 11.9 Å². The summed E-state index contributed by atoms with van der Waals surface area (Å²) in [5, 5.41) is 10.1. The van der Waals surface area contributed by atoms with Crippen molar-refractivity contribution in [2.75, 3.05) is 6.54 Å². The predicted octanol–water partition coefficient (Wildman–Crippen LogP) is -2.88. The highest BCUT2D eigenvalue weighted by Crippen LogP contribution is 1.93. The van der Waals surface area contributed by atoms with E-state index in [2.05, 4.69) is 4.99 Å². The minimum Gasteiger partial charge on any atom is -0.548 e. The third-order valence-corrected chi connectivity index (χ3v) is 1.27. The smallest absolute Gasteiger partial charge is 0.185 e. The quantitative estimate of drug-likeness (QED) is 0.233. The van der Waals surface area contributed by atoms with Crippen molar-refractivity contribution in [2.45, 2.75) is 18.9 Å². The first-order valence-corrected chi connectivity index (χ1v) is 3.56. The normalized spacial score (nSPS) is 12.1. The van der Waals surface area contributed by atoms with Gasteiger partial charge in [-0.05, 0) is 12.8 Å². The number of guanidine groups is 1. The molecule has 0 aliphatic heterocycles. The summed E-state index contributed by atoms with van der Waals surface area (Å²) in [7, 11) is 0. The van der Waals surface area contributed by atoms with Gasteiger partial charge in [-0.1, -0.05) is 0 Å². The Hall–Kier alpha value is -1.30. The molecule has 1 atom stereocenters. The van der Waals surface area contributed by atoms with Gasteiger partial charge < -0.3 is 27.1 Å². The van der Waals surface area contributed by atoms with Crippen LogP contribution in [-0.4, -0.2) is 24.5 Å². The highest BCUT2D eigenvalue weighted by Gasteiger charge is 2.01. The molecule has 0 fully saturated rings. The van der Waals surface area contributed by atoms with Crippen LogP contribution < -0.4 is 22.3 Å². The number of nitrogens with zero attached hydrogens (tertiary/aromatic N) is 1. The van der Waals surface area contributed by atoms with Gasteiger partial charge in [-0.2, -0.15) is 0 Å². The van der Waals surface area contributed by atoms with Gasteiger partial charge >= 0.3 is 0 Å². The van der Waals surface area contributed by atoms with Crippen molar-refractivity contribution in [3.05, 3.63) is 0 Å². The van der Waals surface area contributed by atoms with Crippen LogP contribution in [0.4, 0.5) is 0 Å². The summed E-state index contributed by atoms with van der Waals surface area (Å²) in [4.78, 5) is 13.8. The fraction of sp³-hybridized carbons (Fsp3) is 0.667. The summed E-state index contributed by atoms with van der Waals surface area (Å²) in [5.74, 6) is -1.25. The van der Waals surface area contributed by atoms with E-state index >= 15 is 0 Å². The number of aliphatic imine (C=N–C) groups is 1. The lowest BCUT2D eigenvalue weighted by molar-refractivity contribution is -0.307. The van der Waals surface area contributed by atoms with Crippen molar-refractivity contribution in [1.82, 2.24) is 0 Å². The Kier molecular flexibility index (Phi) is 4.78. The number of hydrogen-bond acceptors (Lipinski definition) is 4. The molecule has 0 aromatic heterocycles. The van der Waals surface area contributed by atoms with Crippen LogP contribution in [-0.2, 0) is 4.79 Å². The molecule has 0 saturated heterocycles. The van der Waals surface area contributed by atoms with E-state index in [9.17, 15) is 9.90 Å². The number of nitrogens with two attached hydrogens (primary N) is 3. The van der Waals surface area contributed by atoms with Gasteiger partial charge in [0.1, 0.15) is 0 Å². The van der Waals surface area contributed by atoms with Crippen LogP contribution in [0.5, 0.6) is 0 Å². The Morgan fingerprint density at radius 1 is 1.50 bits per heavy atom. The van der Waals surface area contributed by atoms with Crippen molar-refractivity contribution in [3.63, 3.8) is 0 Å². The van der Waals surface area contributed by atoms with E-state index in [-0.39, 0.29) is 5.96 Å². The first-order chi connectivity index (χ1) is 5.54. The number of aliphatic carboxylic acids is 1. The van der Waals surface area contributed by atoms with Gasteiger partial charge in [0.05, 0.1) is 5.97 Å². The van der Waals surface area contributed by atoms with Crippen LogP contribution in [0.1, 0.15) is 12.8 Å². The average molecular weight is 173 g/mol. The summed E-state index contributed by atoms with van der Waals surface area (Å²) in [5.41, 5.74) is 15.2. The fourth-order valence-corrected chi connectivity index (χ4v) is 0.637. The largest absolute Gasteiger partial charge is 0.548 e. The molecule has 0 aliphatic rings. The van der Waals surface area contributed by atoms with E-state index in [0.29, 0.717) is 19.4 Å². The van der Waals surface area contributed by atoms with Gasteiger partial charge in [0, 0.05) is 12.6 Å². The van der Waals surface area contributed by atoms with Crippen LogP contribution in [0.15, 0.2) is 4.99 Å². The molecular weight excluding hydrogens is 160 g/mol. The molecule has 0 radical (unpaired) electrons. The molecule has 0 spiro atoms. The zero-order chi connectivity index (χ0) is 9.56. The molecule has 6 heteroatoms. The van der Waals surface area contributed by atoms with E-state index in [1.54, 1.807) is 0 Å². The summed E-state index contributed by atoms with van der Waals surface area (Å²) < 4.78 is 0. The van der Waals surface area contributed by atoms with E-state index in [4.69, 9.17) is 17.2 Å². The van der Waals surface area contributed by atoms with Crippen LogP contribution in [0.3, 0.4) is 0 Å². The Morgan fingerprint density at radius 3 is 2.50 bits per heavy atom. The van der Waals surface area contributed by atoms with Crippen molar-refractivity contribution < 1.29 is 9.90 Å². The average Bonchev–Trinajstić information content (AvgIpc) is 1.97. The second kappa shape index (κ2) is 5.36. The highest BCUT2D eigenvalue weighted by atomic mass is 16.4. The molecule has 0 aromatic rings. The Labute approximate surface area is 70.4 Å². The zero-order valence-corrected chi connectivity index (χ0v) is 6.69. The fourth-order valence-electron chi connectivity index (χ4n) is 0.637. The summed E-state index contributed by atoms with van der Waals surface area (Å²) in [6, 6.07) is -0.931. The molecule has 0 heterocycles. The minimum atomic E-state index is -1.25. The van der Waals surface area contributed by atoms with E-state index in [0.717, 1.165) is 0 Å². The molecule has 0 aromatic carbocycles. The molecule has 0 aliphatic carbocycles. The molecule has 0 unspecified atom stereocenters. The molecule has 0 amide bonds. The first-order valence-electron chi connectivity index (χ1n) is 3.56. The minimum absolute atomic E-state index is 0.00276. The standard InChI is InChI=1S/C6H14N4O2/c7-4(5(11)12)2-1-3-10-6(8)9/h4H,1-3,7H2,(H,11,12)(H4,8,9,10)/p-1/t4-/m1/s1. The van der Waals surface area contributed by atoms with Gasteiger partial charge in [-0.15, -0.1) is 0 Å². The first kappa shape index (κ1) is 10.7. The van der Waals surface area contributed by atoms with Gasteiger partial charge in [0.15, 0.2) is 5.96 Å². The molecular formula is C6H13N4O2-. The third-order valence-electron chi connectivity index (χ3n) is 1.27. The van der Waals surface area contributed by atoms with E-state index < -0.39 is 12.0 Å². The summed E-state index contributed by atoms with van der Waals surface area (Å²) >= 11 is 0. The van der Waals surface area contributed by atoms with Crippen LogP contribution >= 0.6 is 0 Å². The number of carboxylic acids is 1. The van der Waals surface area contributed by atoms with E-state index in [1.807, 2.05) is 0 Å². The molecule has 6 N–H and O–H groups in total. The number of carboxylic acid groups (broad SMARTS) is 1. The van der Waals surface area contributed by atoms with E-state index in [1.165, 1.54) is 0 Å². The second-order valence-electron chi connectivity index (χ2n) is 2.37. The predicted molar refractivity (Wildman–Crippen MR) is 42.9 cm³/mol. The summed E-state index contributed by atoms with van der Waals surface area (Å²) in [6.07, 6.45) is 0.853. The van der Waals surface area contributed by atoms with Gasteiger partial charge in [-0.25, -0.2) is 0 Å². The van der Waals surface area contributed by atoms with Crippen LogP contribution in [0.25, 0.3) is 0 Å². The second-order valence-corrected chi connectivity index (χ2v) is 2.37. The topological polar surface area (TPSA) is 131 Å². The van der Waals surface area contributed by atoms with Crippen molar-refractivity contribution in [3.8, 4) is 0 Å². The lowest BCUT2D eigenvalue weighted by Crippen LogP contribution is -2.41. The van der Waals surface area contributed by atoms with Gasteiger partial charge in [0.2, 0.25) is 0 Å². The molecule has 70 valence electrons. The van der Waals surface area contributed by atoms with Crippen molar-refractivity contribution in [1.29, 1.82) is 0 Å². The monoisotopic (exact) mass is 173 g/mol. The maximum atomic E-state index is 10.1. The Morgan fingerprint density at radius 2 is 2.08 bits per heavy atom. The Bertz CT molecular complexity index is 176. The maximum absolute atomic E-state index is 10.1. The van der Waals surface area contributed by atoms with Gasteiger partial charge in [-0.3, -0.25) is 4.99 Å². The molecule has 0 saturated carbocycles. The molecule has 0 rings (SSSR count). The highest BCUT2D eigenvalue weighted by molar-refractivity contribution is 5.75. The zero-order valence-electron chi connectivity index (χ0n) is 6.69. The molecule has 0 bridgehead atoms. The van der Waals surface area contributed by atoms with Crippen LogP contribution in [0, 0.1) is 0 Å². The maximum Gasteiger partial charge on any atom is 0.185 e. The van der Waals surface area contributed by atoms with Crippen LogP contribution in [0.2, 0.25) is 0 Å². The third kappa shape index (κ3) is 5.48. The molecule has 12 heavy (non-hydrogen) atoms. The Balaban J connectivity index is 3.44. The number of carbonyl (C=O) groups excluding carboxylic acids is 1. The lowest BCUT2D eigenvalue weighted by Gasteiger charge is -2.10. The molecule has 6 nitrogen and oxygen atoms in total. The summed E-state index contributed by atoms with van der Waals surface area (Å²) in [6.45, 7) is 0.392. The SMILES string of the molecule is NC(N)=NCCC[C@@H](N)C(=O)[O-]. The van der Waals surface area contributed by atoms with Crippen molar-refractivity contribution in [2.24, 2.45) is 22.2 Å².